The van der Waals surface area contributed by atoms with Gasteiger partial charge in [-0.25, -0.2) is 4.98 Å². The van der Waals surface area contributed by atoms with Crippen molar-refractivity contribution in [3.05, 3.63) is 21.9 Å². The third-order valence-electron chi connectivity index (χ3n) is 3.43. The van der Waals surface area contributed by atoms with Gasteiger partial charge in [-0.15, -0.1) is 0 Å². The Morgan fingerprint density at radius 1 is 1.47 bits per heavy atom. The highest BCUT2D eigenvalue weighted by Crippen LogP contribution is 2.32. The molecule has 0 saturated heterocycles. The molecule has 0 radical (unpaired) electrons. The van der Waals surface area contributed by atoms with Crippen molar-refractivity contribution in [1.29, 1.82) is 0 Å². The number of nitrogens with zero attached hydrogens (tertiary/aromatic N) is 1. The lowest BCUT2D eigenvalue weighted by molar-refractivity contribution is 0.516. The van der Waals surface area contributed by atoms with Gasteiger partial charge in [0, 0.05) is 6.04 Å². The van der Waals surface area contributed by atoms with E-state index in [2.05, 4.69) is 10.3 Å². The third-order valence-corrected chi connectivity index (χ3v) is 3.90. The molecule has 5 heteroatoms. The number of hydrogen-bond donors (Lipinski definition) is 2. The van der Waals surface area contributed by atoms with Crippen LogP contribution < -0.4 is 11.1 Å². The molecule has 3 nitrogen and oxygen atoms in total. The summed E-state index contributed by atoms with van der Waals surface area (Å²) in [4.78, 5) is 4.06. The Kier molecular flexibility index (Phi) is 4.13. The van der Waals surface area contributed by atoms with Gasteiger partial charge in [0.25, 0.3) is 0 Å². The van der Waals surface area contributed by atoms with Gasteiger partial charge in [0.15, 0.2) is 5.15 Å². The van der Waals surface area contributed by atoms with Crippen LogP contribution in [0.5, 0.6) is 0 Å². The minimum absolute atomic E-state index is 0.402. The molecule has 3 N–H and O–H groups in total. The summed E-state index contributed by atoms with van der Waals surface area (Å²) in [6, 6.07) is 2.22. The standard InChI is InChI=1S/C12H17Cl2N3/c1-7-5-10(13)17-12(14)11(7)16-9-4-2-3-8(9)6-15/h5,8-9,16H,2-4,6,15H2,1H3. The highest BCUT2D eigenvalue weighted by Gasteiger charge is 2.26. The summed E-state index contributed by atoms with van der Waals surface area (Å²) in [5, 5.41) is 4.35. The minimum atomic E-state index is 0.402. The molecule has 1 heterocycles. The zero-order valence-electron chi connectivity index (χ0n) is 9.84. The van der Waals surface area contributed by atoms with Crippen LogP contribution in [-0.4, -0.2) is 17.6 Å². The van der Waals surface area contributed by atoms with Crippen LogP contribution in [0, 0.1) is 12.8 Å². The SMILES string of the molecule is Cc1cc(Cl)nc(Cl)c1NC1CCCC1CN. The Morgan fingerprint density at radius 2 is 2.24 bits per heavy atom. The summed E-state index contributed by atoms with van der Waals surface area (Å²) < 4.78 is 0. The Labute approximate surface area is 112 Å². The first-order valence-corrected chi connectivity index (χ1v) is 6.66. The fourth-order valence-corrected chi connectivity index (χ4v) is 3.05. The molecule has 17 heavy (non-hydrogen) atoms. The van der Waals surface area contributed by atoms with Crippen molar-refractivity contribution in [3.8, 4) is 0 Å². The molecule has 0 aliphatic heterocycles. The largest absolute Gasteiger partial charge is 0.379 e. The second kappa shape index (κ2) is 5.42. The molecule has 94 valence electrons. The number of pyridine rings is 1. The molecule has 2 rings (SSSR count). The lowest BCUT2D eigenvalue weighted by Gasteiger charge is -2.22. The lowest BCUT2D eigenvalue weighted by Crippen LogP contribution is -2.29. The minimum Gasteiger partial charge on any atom is -0.379 e. The van der Waals surface area contributed by atoms with Crippen molar-refractivity contribution in [1.82, 2.24) is 4.98 Å². The molecule has 1 fully saturated rings. The third kappa shape index (κ3) is 2.84. The normalized spacial score (nSPS) is 24.0. The monoisotopic (exact) mass is 273 g/mol. The number of rotatable bonds is 3. The van der Waals surface area contributed by atoms with Crippen LogP contribution in [-0.2, 0) is 0 Å². The van der Waals surface area contributed by atoms with Gasteiger partial charge in [-0.3, -0.25) is 0 Å². The van der Waals surface area contributed by atoms with Gasteiger partial charge in [-0.05, 0) is 43.9 Å². The summed E-state index contributed by atoms with van der Waals surface area (Å²) in [6.07, 6.45) is 3.54. The van der Waals surface area contributed by atoms with Crippen LogP contribution in [0.15, 0.2) is 6.07 Å². The molecule has 1 aromatic heterocycles. The first-order valence-electron chi connectivity index (χ1n) is 5.91. The fourth-order valence-electron chi connectivity index (χ4n) is 2.46. The Morgan fingerprint density at radius 3 is 2.88 bits per heavy atom. The predicted octanol–water partition coefficient (Wildman–Crippen LogP) is 3.24. The second-order valence-corrected chi connectivity index (χ2v) is 5.35. The van der Waals surface area contributed by atoms with Crippen molar-refractivity contribution in [2.45, 2.75) is 32.2 Å². The van der Waals surface area contributed by atoms with Gasteiger partial charge < -0.3 is 11.1 Å². The van der Waals surface area contributed by atoms with Gasteiger partial charge in [0.05, 0.1) is 5.69 Å². The number of aryl methyl sites for hydroxylation is 1. The number of nitrogens with two attached hydrogens (primary N) is 1. The van der Waals surface area contributed by atoms with Crippen molar-refractivity contribution in [3.63, 3.8) is 0 Å². The van der Waals surface area contributed by atoms with E-state index in [-0.39, 0.29) is 0 Å². The summed E-state index contributed by atoms with van der Waals surface area (Å²) >= 11 is 12.0. The zero-order chi connectivity index (χ0) is 12.4. The highest BCUT2D eigenvalue weighted by molar-refractivity contribution is 6.34. The molecular weight excluding hydrogens is 257 g/mol. The van der Waals surface area contributed by atoms with Gasteiger partial charge in [0.2, 0.25) is 0 Å². The molecular formula is C12H17Cl2N3. The van der Waals surface area contributed by atoms with E-state index in [1.807, 2.05) is 13.0 Å². The number of hydrogen-bond acceptors (Lipinski definition) is 3. The number of aromatic nitrogens is 1. The van der Waals surface area contributed by atoms with Crippen LogP contribution in [0.1, 0.15) is 24.8 Å². The maximum atomic E-state index is 6.11. The molecule has 1 aromatic rings. The van der Waals surface area contributed by atoms with Crippen molar-refractivity contribution < 1.29 is 0 Å². The van der Waals surface area contributed by atoms with Gasteiger partial charge >= 0.3 is 0 Å². The second-order valence-electron chi connectivity index (χ2n) is 4.61. The smallest absolute Gasteiger partial charge is 0.154 e. The van der Waals surface area contributed by atoms with E-state index >= 15 is 0 Å². The summed E-state index contributed by atoms with van der Waals surface area (Å²) in [5.41, 5.74) is 7.68. The van der Waals surface area contributed by atoms with E-state index in [0.29, 0.717) is 22.3 Å². The quantitative estimate of drug-likeness (QED) is 0.832. The van der Waals surface area contributed by atoms with E-state index in [1.54, 1.807) is 0 Å². The van der Waals surface area contributed by atoms with Crippen LogP contribution in [0.25, 0.3) is 0 Å². The molecule has 2 atom stereocenters. The van der Waals surface area contributed by atoms with E-state index in [0.717, 1.165) is 24.2 Å². The molecule has 0 spiro atoms. The van der Waals surface area contributed by atoms with Crippen LogP contribution in [0.3, 0.4) is 0 Å². The first kappa shape index (κ1) is 12.9. The summed E-state index contributed by atoms with van der Waals surface area (Å²) in [6.45, 7) is 2.70. The predicted molar refractivity (Wildman–Crippen MR) is 72.8 cm³/mol. The number of halogens is 2. The van der Waals surface area contributed by atoms with Crippen LogP contribution >= 0.6 is 23.2 Å². The highest BCUT2D eigenvalue weighted by atomic mass is 35.5. The maximum absolute atomic E-state index is 6.11. The molecule has 2 unspecified atom stereocenters. The maximum Gasteiger partial charge on any atom is 0.154 e. The average Bonchev–Trinajstić information content (AvgIpc) is 2.70. The van der Waals surface area contributed by atoms with E-state index in [4.69, 9.17) is 28.9 Å². The van der Waals surface area contributed by atoms with E-state index < -0.39 is 0 Å². The molecule has 1 aliphatic rings. The Hall–Kier alpha value is -0.510. The summed E-state index contributed by atoms with van der Waals surface area (Å²) in [7, 11) is 0. The van der Waals surface area contributed by atoms with Crippen LogP contribution in [0.2, 0.25) is 10.3 Å². The molecule has 1 saturated carbocycles. The van der Waals surface area contributed by atoms with Crippen molar-refractivity contribution in [2.75, 3.05) is 11.9 Å². The number of anilines is 1. The summed E-state index contributed by atoms with van der Waals surface area (Å²) in [5.74, 6) is 0.529. The molecule has 0 aromatic carbocycles. The Bertz CT molecular complexity index is 386. The molecule has 1 aliphatic carbocycles. The van der Waals surface area contributed by atoms with E-state index in [1.165, 1.54) is 12.8 Å². The van der Waals surface area contributed by atoms with Gasteiger partial charge in [0.1, 0.15) is 5.15 Å². The number of nitrogens with one attached hydrogen (secondary N) is 1. The fraction of sp³-hybridized carbons (Fsp3) is 0.583. The van der Waals surface area contributed by atoms with Crippen LogP contribution in [0.4, 0.5) is 5.69 Å². The lowest BCUT2D eigenvalue weighted by atomic mass is 10.0. The average molecular weight is 274 g/mol. The molecule has 0 bridgehead atoms. The van der Waals surface area contributed by atoms with Gasteiger partial charge in [-0.1, -0.05) is 29.6 Å². The zero-order valence-corrected chi connectivity index (χ0v) is 11.4. The van der Waals surface area contributed by atoms with E-state index in [9.17, 15) is 0 Å². The Balaban J connectivity index is 2.18. The first-order chi connectivity index (χ1) is 8.11. The van der Waals surface area contributed by atoms with Crippen molar-refractivity contribution >= 4 is 28.9 Å². The van der Waals surface area contributed by atoms with Gasteiger partial charge in [-0.2, -0.15) is 0 Å². The topological polar surface area (TPSA) is 50.9 Å². The molecule has 0 amide bonds. The van der Waals surface area contributed by atoms with Crippen molar-refractivity contribution in [2.24, 2.45) is 11.7 Å².